The van der Waals surface area contributed by atoms with E-state index in [1.807, 2.05) is 0 Å². The lowest BCUT2D eigenvalue weighted by molar-refractivity contribution is 0.0679. The Hall–Kier alpha value is -1.70. The predicted molar refractivity (Wildman–Crippen MR) is 62.1 cm³/mol. The molecular weight excluding hydrogens is 224 g/mol. The maximum atomic E-state index is 11.9. The zero-order valence-electron chi connectivity index (χ0n) is 9.33. The first kappa shape index (κ1) is 13.4. The number of aromatic nitrogens is 1. The van der Waals surface area contributed by atoms with Crippen LogP contribution in [-0.2, 0) is 0 Å². The predicted octanol–water partition coefficient (Wildman–Crippen LogP) is -1.21. The summed E-state index contributed by atoms with van der Waals surface area (Å²) in [5.41, 5.74) is 3.24. The lowest BCUT2D eigenvalue weighted by Crippen LogP contribution is -2.36. The van der Waals surface area contributed by atoms with Gasteiger partial charge in [0, 0.05) is 13.1 Å². The SMILES string of the molecule is NNc1ccc(C(=O)N(CCO)CCO)nc1. The third-order valence-electron chi connectivity index (χ3n) is 2.18. The summed E-state index contributed by atoms with van der Waals surface area (Å²) in [6.45, 7) is 0.0122. The van der Waals surface area contributed by atoms with E-state index in [2.05, 4.69) is 10.4 Å². The van der Waals surface area contributed by atoms with E-state index in [1.165, 1.54) is 17.2 Å². The van der Waals surface area contributed by atoms with Gasteiger partial charge in [0.1, 0.15) is 5.69 Å². The maximum absolute atomic E-state index is 11.9. The minimum atomic E-state index is -0.336. The van der Waals surface area contributed by atoms with Gasteiger partial charge in [0.05, 0.1) is 25.1 Å². The Morgan fingerprint density at radius 3 is 2.41 bits per heavy atom. The zero-order chi connectivity index (χ0) is 12.7. The molecule has 0 aliphatic heterocycles. The van der Waals surface area contributed by atoms with E-state index in [0.29, 0.717) is 5.69 Å². The third kappa shape index (κ3) is 3.66. The molecule has 0 aliphatic carbocycles. The van der Waals surface area contributed by atoms with Crippen LogP contribution in [0.4, 0.5) is 5.69 Å². The van der Waals surface area contributed by atoms with Gasteiger partial charge < -0.3 is 20.5 Å². The molecule has 0 aliphatic rings. The summed E-state index contributed by atoms with van der Waals surface area (Å²) in [4.78, 5) is 17.2. The molecule has 7 nitrogen and oxygen atoms in total. The minimum Gasteiger partial charge on any atom is -0.395 e. The van der Waals surface area contributed by atoms with Gasteiger partial charge in [-0.15, -0.1) is 0 Å². The number of pyridine rings is 1. The topological polar surface area (TPSA) is 112 Å². The van der Waals surface area contributed by atoms with Gasteiger partial charge in [-0.2, -0.15) is 0 Å². The standard InChI is InChI=1S/C10H16N4O3/c11-13-8-1-2-9(12-7-8)10(17)14(3-5-15)4-6-16/h1-2,7,13,15-16H,3-6,11H2. The van der Waals surface area contributed by atoms with Gasteiger partial charge in [0.25, 0.3) is 5.91 Å². The molecule has 1 aromatic rings. The van der Waals surface area contributed by atoms with Crippen LogP contribution in [0, 0.1) is 0 Å². The lowest BCUT2D eigenvalue weighted by Gasteiger charge is -2.20. The average Bonchev–Trinajstić information content (AvgIpc) is 2.38. The Labute approximate surface area is 98.8 Å². The molecule has 0 bridgehead atoms. The van der Waals surface area contributed by atoms with Crippen LogP contribution in [0.1, 0.15) is 10.5 Å². The van der Waals surface area contributed by atoms with Gasteiger partial charge in [0.15, 0.2) is 0 Å². The van der Waals surface area contributed by atoms with E-state index in [4.69, 9.17) is 16.1 Å². The number of nitrogens with zero attached hydrogens (tertiary/aromatic N) is 2. The molecule has 94 valence electrons. The van der Waals surface area contributed by atoms with Crippen LogP contribution in [0.2, 0.25) is 0 Å². The van der Waals surface area contributed by atoms with Crippen molar-refractivity contribution in [3.8, 4) is 0 Å². The van der Waals surface area contributed by atoms with Crippen LogP contribution in [0.5, 0.6) is 0 Å². The number of carbonyl (C=O) groups is 1. The molecule has 7 heteroatoms. The number of carbonyl (C=O) groups excluding carboxylic acids is 1. The Morgan fingerprint density at radius 2 is 2.00 bits per heavy atom. The number of nitrogen functional groups attached to an aromatic ring is 1. The quantitative estimate of drug-likeness (QED) is 0.367. The van der Waals surface area contributed by atoms with E-state index in [-0.39, 0.29) is 37.9 Å². The minimum absolute atomic E-state index is 0.159. The maximum Gasteiger partial charge on any atom is 0.272 e. The van der Waals surface area contributed by atoms with Crippen molar-refractivity contribution in [1.29, 1.82) is 0 Å². The van der Waals surface area contributed by atoms with Crippen LogP contribution in [0.15, 0.2) is 18.3 Å². The number of hydrogen-bond acceptors (Lipinski definition) is 6. The van der Waals surface area contributed by atoms with E-state index in [0.717, 1.165) is 0 Å². The van der Waals surface area contributed by atoms with E-state index >= 15 is 0 Å². The summed E-state index contributed by atoms with van der Waals surface area (Å²) < 4.78 is 0. The average molecular weight is 240 g/mol. The second kappa shape index (κ2) is 6.79. The van der Waals surface area contributed by atoms with Crippen LogP contribution in [-0.4, -0.2) is 52.3 Å². The summed E-state index contributed by atoms with van der Waals surface area (Å²) in [5, 5.41) is 17.6. The zero-order valence-corrected chi connectivity index (χ0v) is 9.33. The van der Waals surface area contributed by atoms with Gasteiger partial charge in [-0.3, -0.25) is 10.6 Å². The molecule has 0 radical (unpaired) electrons. The number of nitrogens with one attached hydrogen (secondary N) is 1. The number of hydrazine groups is 1. The molecule has 0 saturated carbocycles. The summed E-state index contributed by atoms with van der Waals surface area (Å²) in [6.07, 6.45) is 1.43. The van der Waals surface area contributed by atoms with Crippen molar-refractivity contribution in [3.63, 3.8) is 0 Å². The molecule has 0 atom stereocenters. The van der Waals surface area contributed by atoms with Crippen molar-refractivity contribution in [2.45, 2.75) is 0 Å². The molecule has 5 N–H and O–H groups in total. The van der Waals surface area contributed by atoms with Crippen LogP contribution in [0.3, 0.4) is 0 Å². The Kier molecular flexibility index (Phi) is 5.34. The van der Waals surface area contributed by atoms with Gasteiger partial charge in [-0.25, -0.2) is 4.98 Å². The lowest BCUT2D eigenvalue weighted by atomic mass is 10.3. The normalized spacial score (nSPS) is 10.1. The van der Waals surface area contributed by atoms with Crippen molar-refractivity contribution < 1.29 is 15.0 Å². The highest BCUT2D eigenvalue weighted by Gasteiger charge is 2.15. The summed E-state index contributed by atoms with van der Waals surface area (Å²) in [7, 11) is 0. The number of amides is 1. The van der Waals surface area contributed by atoms with Crippen LogP contribution < -0.4 is 11.3 Å². The van der Waals surface area contributed by atoms with Crippen molar-refractivity contribution in [3.05, 3.63) is 24.0 Å². The van der Waals surface area contributed by atoms with Crippen molar-refractivity contribution in [1.82, 2.24) is 9.88 Å². The third-order valence-corrected chi connectivity index (χ3v) is 2.18. The molecule has 1 aromatic heterocycles. The number of rotatable bonds is 6. The van der Waals surface area contributed by atoms with E-state index < -0.39 is 0 Å². The van der Waals surface area contributed by atoms with Gasteiger partial charge in [-0.05, 0) is 12.1 Å². The molecular formula is C10H16N4O3. The summed E-state index contributed by atoms with van der Waals surface area (Å²) in [5.74, 6) is 4.84. The molecule has 1 rings (SSSR count). The fraction of sp³-hybridized carbons (Fsp3) is 0.400. The second-order valence-corrected chi connectivity index (χ2v) is 3.32. The van der Waals surface area contributed by atoms with Gasteiger partial charge >= 0.3 is 0 Å². The first-order valence-electron chi connectivity index (χ1n) is 5.16. The fourth-order valence-corrected chi connectivity index (χ4v) is 1.32. The Balaban J connectivity index is 2.77. The number of anilines is 1. The first-order chi connectivity index (χ1) is 8.22. The van der Waals surface area contributed by atoms with E-state index in [1.54, 1.807) is 6.07 Å². The molecule has 1 amide bonds. The summed E-state index contributed by atoms with van der Waals surface area (Å²) >= 11 is 0. The van der Waals surface area contributed by atoms with Crippen LogP contribution in [0.25, 0.3) is 0 Å². The highest BCUT2D eigenvalue weighted by atomic mass is 16.3. The fourth-order valence-electron chi connectivity index (χ4n) is 1.32. The van der Waals surface area contributed by atoms with E-state index in [9.17, 15) is 4.79 Å². The first-order valence-corrected chi connectivity index (χ1v) is 5.16. The molecule has 0 fully saturated rings. The Bertz CT molecular complexity index is 349. The molecule has 0 saturated heterocycles. The highest BCUT2D eigenvalue weighted by Crippen LogP contribution is 2.06. The number of aliphatic hydroxyl groups is 2. The molecule has 0 spiro atoms. The van der Waals surface area contributed by atoms with Crippen molar-refractivity contribution in [2.75, 3.05) is 31.7 Å². The van der Waals surface area contributed by atoms with Crippen molar-refractivity contribution >= 4 is 11.6 Å². The summed E-state index contributed by atoms with van der Waals surface area (Å²) in [6, 6.07) is 3.15. The number of aliphatic hydroxyl groups excluding tert-OH is 2. The van der Waals surface area contributed by atoms with Gasteiger partial charge in [-0.1, -0.05) is 0 Å². The smallest absolute Gasteiger partial charge is 0.272 e. The Morgan fingerprint density at radius 1 is 1.35 bits per heavy atom. The largest absolute Gasteiger partial charge is 0.395 e. The number of hydrogen-bond donors (Lipinski definition) is 4. The second-order valence-electron chi connectivity index (χ2n) is 3.32. The molecule has 0 aromatic carbocycles. The number of nitrogens with two attached hydrogens (primary N) is 1. The van der Waals surface area contributed by atoms with Crippen molar-refractivity contribution in [2.24, 2.45) is 5.84 Å². The molecule has 0 unspecified atom stereocenters. The molecule has 17 heavy (non-hydrogen) atoms. The van der Waals surface area contributed by atoms with Gasteiger partial charge in [0.2, 0.25) is 0 Å². The van der Waals surface area contributed by atoms with Crippen LogP contribution >= 0.6 is 0 Å². The highest BCUT2D eigenvalue weighted by molar-refractivity contribution is 5.92. The monoisotopic (exact) mass is 240 g/mol. The molecule has 1 heterocycles.